The Labute approximate surface area is 135 Å². The molecule has 2 aromatic rings. The van der Waals surface area contributed by atoms with E-state index in [1.54, 1.807) is 31.4 Å². The molecule has 2 rings (SSSR count). The topological polar surface area (TPSA) is 60.3 Å². The van der Waals surface area contributed by atoms with E-state index in [2.05, 4.69) is 19.2 Å². The Balaban J connectivity index is 1.96. The minimum absolute atomic E-state index is 0.216. The van der Waals surface area contributed by atoms with Crippen LogP contribution in [0.1, 0.15) is 30.6 Å². The normalized spacial score (nSPS) is 10.6. The molecule has 0 spiro atoms. The summed E-state index contributed by atoms with van der Waals surface area (Å²) in [6.07, 6.45) is 2.57. The maximum atomic E-state index is 12.1. The summed E-state index contributed by atoms with van der Waals surface area (Å²) < 4.78 is 7.05. The number of hydrogen-bond donors (Lipinski definition) is 1. The fraction of sp³-hybridized carbons (Fsp3) is 0.333. The number of benzene rings is 1. The van der Waals surface area contributed by atoms with E-state index in [-0.39, 0.29) is 11.5 Å². The van der Waals surface area contributed by atoms with Crippen LogP contribution in [0.25, 0.3) is 0 Å². The molecule has 0 atom stereocenters. The van der Waals surface area contributed by atoms with Gasteiger partial charge in [-0.05, 0) is 42.7 Å². The van der Waals surface area contributed by atoms with Gasteiger partial charge < -0.3 is 14.6 Å². The molecule has 0 aliphatic heterocycles. The second kappa shape index (κ2) is 7.63. The van der Waals surface area contributed by atoms with Crippen molar-refractivity contribution in [2.24, 2.45) is 13.0 Å². The molecule has 0 saturated heterocycles. The zero-order valence-electron chi connectivity index (χ0n) is 13.7. The number of pyridine rings is 1. The number of aromatic nitrogens is 1. The zero-order chi connectivity index (χ0) is 16.8. The largest absolute Gasteiger partial charge is 0.494 e. The average molecular weight is 314 g/mol. The number of carbonyl (C=O) groups excluding carboxylic acids is 1. The van der Waals surface area contributed by atoms with Crippen molar-refractivity contribution in [3.8, 4) is 5.75 Å². The molecule has 0 aliphatic rings. The first-order valence-corrected chi connectivity index (χ1v) is 7.66. The highest BCUT2D eigenvalue weighted by Crippen LogP contribution is 2.17. The summed E-state index contributed by atoms with van der Waals surface area (Å²) in [4.78, 5) is 23.7. The molecule has 0 fully saturated rings. The monoisotopic (exact) mass is 314 g/mol. The first-order chi connectivity index (χ1) is 11.0. The summed E-state index contributed by atoms with van der Waals surface area (Å²) in [5.74, 6) is 1.07. The molecular weight excluding hydrogens is 292 g/mol. The molecule has 1 amide bonds. The summed E-state index contributed by atoms with van der Waals surface area (Å²) in [5, 5.41) is 2.76. The average Bonchev–Trinajstić information content (AvgIpc) is 2.51. The van der Waals surface area contributed by atoms with E-state index in [1.165, 1.54) is 10.6 Å². The van der Waals surface area contributed by atoms with E-state index in [1.807, 2.05) is 12.1 Å². The van der Waals surface area contributed by atoms with Crippen molar-refractivity contribution in [3.63, 3.8) is 0 Å². The fourth-order valence-electron chi connectivity index (χ4n) is 1.94. The van der Waals surface area contributed by atoms with Crippen molar-refractivity contribution in [1.82, 2.24) is 4.57 Å². The lowest BCUT2D eigenvalue weighted by molar-refractivity contribution is 0.102. The van der Waals surface area contributed by atoms with E-state index in [9.17, 15) is 9.59 Å². The molecule has 23 heavy (non-hydrogen) atoms. The molecule has 5 heteroatoms. The Morgan fingerprint density at radius 3 is 2.52 bits per heavy atom. The number of nitrogens with one attached hydrogen (secondary N) is 1. The van der Waals surface area contributed by atoms with Crippen LogP contribution in [0.5, 0.6) is 5.75 Å². The third-order valence-electron chi connectivity index (χ3n) is 3.44. The second-order valence-electron chi connectivity index (χ2n) is 5.87. The van der Waals surface area contributed by atoms with E-state index < -0.39 is 0 Å². The number of hydrogen-bond acceptors (Lipinski definition) is 3. The molecule has 0 radical (unpaired) electrons. The Hall–Kier alpha value is -2.56. The van der Waals surface area contributed by atoms with Crippen molar-refractivity contribution in [2.75, 3.05) is 11.9 Å². The summed E-state index contributed by atoms with van der Waals surface area (Å²) in [7, 11) is 1.64. The maximum Gasteiger partial charge on any atom is 0.255 e. The summed E-state index contributed by atoms with van der Waals surface area (Å²) in [5.41, 5.74) is 0.781. The Morgan fingerprint density at radius 2 is 1.91 bits per heavy atom. The van der Waals surface area contributed by atoms with E-state index in [0.29, 0.717) is 23.8 Å². The van der Waals surface area contributed by atoms with Gasteiger partial charge in [0.05, 0.1) is 6.61 Å². The van der Waals surface area contributed by atoms with Crippen LogP contribution in [0.2, 0.25) is 0 Å². The van der Waals surface area contributed by atoms with Gasteiger partial charge in [0, 0.05) is 30.6 Å². The maximum absolute atomic E-state index is 12.1. The van der Waals surface area contributed by atoms with Crippen LogP contribution in [-0.4, -0.2) is 17.1 Å². The first-order valence-electron chi connectivity index (χ1n) is 7.66. The lowest BCUT2D eigenvalue weighted by Crippen LogP contribution is -2.19. The van der Waals surface area contributed by atoms with Crippen LogP contribution in [-0.2, 0) is 7.05 Å². The van der Waals surface area contributed by atoms with Gasteiger partial charge in [-0.1, -0.05) is 13.8 Å². The highest BCUT2D eigenvalue weighted by Gasteiger charge is 2.07. The Kier molecular flexibility index (Phi) is 5.57. The lowest BCUT2D eigenvalue weighted by atomic mass is 10.1. The van der Waals surface area contributed by atoms with E-state index in [4.69, 9.17) is 4.74 Å². The molecule has 0 unspecified atom stereocenters. The number of carbonyl (C=O) groups is 1. The molecule has 0 aliphatic carbocycles. The highest BCUT2D eigenvalue weighted by molar-refractivity contribution is 6.04. The standard InChI is InChI=1S/C18H22N2O3/c1-13(2)9-11-23-16-6-4-15(5-7-16)19-18(22)14-8-10-20(3)17(21)12-14/h4-8,10,12-13H,9,11H2,1-3H3,(H,19,22). The first kappa shape index (κ1) is 16.8. The predicted molar refractivity (Wildman–Crippen MR) is 91.0 cm³/mol. The Bertz CT molecular complexity index is 718. The number of aryl methyl sites for hydroxylation is 1. The quantitative estimate of drug-likeness (QED) is 0.891. The lowest BCUT2D eigenvalue weighted by Gasteiger charge is -2.09. The van der Waals surface area contributed by atoms with Crippen LogP contribution in [0.4, 0.5) is 5.69 Å². The molecule has 1 heterocycles. The van der Waals surface area contributed by atoms with Gasteiger partial charge in [-0.3, -0.25) is 9.59 Å². The molecule has 5 nitrogen and oxygen atoms in total. The summed E-state index contributed by atoms with van der Waals surface area (Å²) >= 11 is 0. The number of amides is 1. The smallest absolute Gasteiger partial charge is 0.255 e. The number of anilines is 1. The van der Waals surface area contributed by atoms with Crippen molar-refractivity contribution in [2.45, 2.75) is 20.3 Å². The number of nitrogens with zero attached hydrogens (tertiary/aromatic N) is 1. The number of rotatable bonds is 6. The molecule has 1 aromatic heterocycles. The van der Waals surface area contributed by atoms with Gasteiger partial charge in [0.1, 0.15) is 5.75 Å². The predicted octanol–water partition coefficient (Wildman–Crippen LogP) is 3.06. The Morgan fingerprint density at radius 1 is 1.22 bits per heavy atom. The van der Waals surface area contributed by atoms with Crippen molar-refractivity contribution in [1.29, 1.82) is 0 Å². The minimum atomic E-state index is -0.309. The highest BCUT2D eigenvalue weighted by atomic mass is 16.5. The molecular formula is C18H22N2O3. The van der Waals surface area contributed by atoms with Crippen LogP contribution in [0.3, 0.4) is 0 Å². The number of ether oxygens (including phenoxy) is 1. The van der Waals surface area contributed by atoms with Gasteiger partial charge in [-0.15, -0.1) is 0 Å². The van der Waals surface area contributed by atoms with Gasteiger partial charge >= 0.3 is 0 Å². The fourth-order valence-corrected chi connectivity index (χ4v) is 1.94. The summed E-state index contributed by atoms with van der Waals surface area (Å²) in [6, 6.07) is 10.1. The summed E-state index contributed by atoms with van der Waals surface area (Å²) in [6.45, 7) is 4.98. The molecule has 0 bridgehead atoms. The van der Waals surface area contributed by atoms with Crippen LogP contribution >= 0.6 is 0 Å². The van der Waals surface area contributed by atoms with Crippen molar-refractivity contribution in [3.05, 3.63) is 58.5 Å². The SMILES string of the molecule is CC(C)CCOc1ccc(NC(=O)c2ccn(C)c(=O)c2)cc1. The van der Waals surface area contributed by atoms with E-state index >= 15 is 0 Å². The van der Waals surface area contributed by atoms with Crippen molar-refractivity contribution < 1.29 is 9.53 Å². The molecule has 1 aromatic carbocycles. The van der Waals surface area contributed by atoms with Crippen LogP contribution in [0, 0.1) is 5.92 Å². The minimum Gasteiger partial charge on any atom is -0.494 e. The van der Waals surface area contributed by atoms with Gasteiger partial charge in [0.25, 0.3) is 11.5 Å². The van der Waals surface area contributed by atoms with Crippen LogP contribution in [0.15, 0.2) is 47.4 Å². The van der Waals surface area contributed by atoms with Crippen molar-refractivity contribution >= 4 is 11.6 Å². The van der Waals surface area contributed by atoms with Gasteiger partial charge in [0.2, 0.25) is 0 Å². The molecule has 122 valence electrons. The second-order valence-corrected chi connectivity index (χ2v) is 5.87. The van der Waals surface area contributed by atoms with Gasteiger partial charge in [-0.25, -0.2) is 0 Å². The third-order valence-corrected chi connectivity index (χ3v) is 3.44. The van der Waals surface area contributed by atoms with Crippen LogP contribution < -0.4 is 15.6 Å². The van der Waals surface area contributed by atoms with Gasteiger partial charge in [-0.2, -0.15) is 0 Å². The molecule has 0 saturated carbocycles. The third kappa shape index (κ3) is 4.98. The molecule has 1 N–H and O–H groups in total. The van der Waals surface area contributed by atoms with E-state index in [0.717, 1.165) is 12.2 Å². The van der Waals surface area contributed by atoms with Gasteiger partial charge in [0.15, 0.2) is 0 Å². The zero-order valence-corrected chi connectivity index (χ0v) is 13.7.